The molecule has 1 aromatic heterocycles. The molecule has 0 aliphatic carbocycles. The summed E-state index contributed by atoms with van der Waals surface area (Å²) in [7, 11) is 0. The summed E-state index contributed by atoms with van der Waals surface area (Å²) in [5, 5.41) is 2.80. The third-order valence-electron chi connectivity index (χ3n) is 3.36. The number of rotatable bonds is 5. The highest BCUT2D eigenvalue weighted by atomic mass is 79.9. The summed E-state index contributed by atoms with van der Waals surface area (Å²) in [5.74, 6) is 0.205. The van der Waals surface area contributed by atoms with Crippen LogP contribution in [0.25, 0.3) is 6.08 Å². The second-order valence-corrected chi connectivity index (χ2v) is 7.75. The maximum atomic E-state index is 12.4. The Morgan fingerprint density at radius 2 is 2.20 bits per heavy atom. The molecule has 2 aromatic rings. The van der Waals surface area contributed by atoms with Crippen molar-refractivity contribution in [3.8, 4) is 0 Å². The minimum absolute atomic E-state index is 0.160. The molecule has 0 spiro atoms. The predicted octanol–water partition coefficient (Wildman–Crippen LogP) is 4.27. The lowest BCUT2D eigenvalue weighted by atomic mass is 10.3. The number of nitrogens with one attached hydrogen (secondary N) is 1. The maximum Gasteiger partial charge on any atom is 0.266 e. The van der Waals surface area contributed by atoms with E-state index in [9.17, 15) is 9.59 Å². The van der Waals surface area contributed by atoms with Crippen molar-refractivity contribution >= 4 is 67.8 Å². The second kappa shape index (κ2) is 7.99. The third-order valence-corrected chi connectivity index (χ3v) is 5.23. The summed E-state index contributed by atoms with van der Waals surface area (Å²) >= 11 is 9.81. The normalized spacial score (nSPS) is 15.9. The zero-order chi connectivity index (χ0) is 17.8. The largest absolute Gasteiger partial charge is 0.465 e. The molecule has 0 bridgehead atoms. The Morgan fingerprint density at radius 1 is 1.36 bits per heavy atom. The fourth-order valence-corrected chi connectivity index (χ4v) is 3.89. The highest BCUT2D eigenvalue weighted by Crippen LogP contribution is 2.32. The molecule has 1 fully saturated rings. The van der Waals surface area contributed by atoms with Crippen LogP contribution in [0.2, 0.25) is 0 Å². The third kappa shape index (κ3) is 4.59. The van der Waals surface area contributed by atoms with Crippen molar-refractivity contribution in [2.24, 2.45) is 0 Å². The number of halogens is 1. The van der Waals surface area contributed by atoms with Crippen LogP contribution in [0.5, 0.6) is 0 Å². The van der Waals surface area contributed by atoms with Crippen LogP contribution in [0.4, 0.5) is 5.69 Å². The van der Waals surface area contributed by atoms with Gasteiger partial charge in [-0.1, -0.05) is 46.0 Å². The first kappa shape index (κ1) is 17.9. The van der Waals surface area contributed by atoms with Crippen molar-refractivity contribution in [3.63, 3.8) is 0 Å². The molecule has 1 aliphatic heterocycles. The molecular weight excluding hydrogens is 424 g/mol. The minimum atomic E-state index is -0.207. The second-order valence-electron chi connectivity index (χ2n) is 5.16. The van der Waals surface area contributed by atoms with Gasteiger partial charge in [0.15, 0.2) is 0 Å². The molecule has 1 N–H and O–H groups in total. The smallest absolute Gasteiger partial charge is 0.266 e. The van der Waals surface area contributed by atoms with E-state index in [0.717, 1.165) is 4.47 Å². The van der Waals surface area contributed by atoms with Gasteiger partial charge in [0.25, 0.3) is 5.91 Å². The van der Waals surface area contributed by atoms with Crippen molar-refractivity contribution in [2.45, 2.75) is 6.42 Å². The van der Waals surface area contributed by atoms with Gasteiger partial charge in [-0.2, -0.15) is 0 Å². The fraction of sp³-hybridized carbons (Fsp3) is 0.118. The van der Waals surface area contributed by atoms with Gasteiger partial charge in [-0.3, -0.25) is 14.5 Å². The van der Waals surface area contributed by atoms with Crippen molar-refractivity contribution in [3.05, 3.63) is 57.8 Å². The van der Waals surface area contributed by atoms with E-state index in [2.05, 4.69) is 21.2 Å². The number of amides is 2. The van der Waals surface area contributed by atoms with Crippen LogP contribution in [-0.2, 0) is 9.59 Å². The minimum Gasteiger partial charge on any atom is -0.465 e. The molecule has 2 heterocycles. The predicted molar refractivity (Wildman–Crippen MR) is 106 cm³/mol. The van der Waals surface area contributed by atoms with Gasteiger partial charge in [0.1, 0.15) is 10.1 Å². The number of furan rings is 1. The molecule has 0 unspecified atom stereocenters. The van der Waals surface area contributed by atoms with Crippen molar-refractivity contribution in [2.75, 3.05) is 11.9 Å². The molecule has 128 valence electrons. The summed E-state index contributed by atoms with van der Waals surface area (Å²) < 4.78 is 6.54. The van der Waals surface area contributed by atoms with Gasteiger partial charge in [-0.05, 0) is 30.3 Å². The fourth-order valence-electron chi connectivity index (χ4n) is 2.20. The molecule has 1 aromatic carbocycles. The Labute approximate surface area is 162 Å². The van der Waals surface area contributed by atoms with Crippen LogP contribution in [-0.4, -0.2) is 27.6 Å². The van der Waals surface area contributed by atoms with E-state index in [1.807, 2.05) is 18.2 Å². The number of benzene rings is 1. The van der Waals surface area contributed by atoms with Gasteiger partial charge in [0, 0.05) is 29.2 Å². The Bertz CT molecular complexity index is 849. The highest BCUT2D eigenvalue weighted by molar-refractivity contribution is 9.10. The highest BCUT2D eigenvalue weighted by Gasteiger charge is 2.32. The average molecular weight is 437 g/mol. The van der Waals surface area contributed by atoms with Crippen molar-refractivity contribution < 1.29 is 14.0 Å². The number of hydrogen-bond acceptors (Lipinski definition) is 5. The van der Waals surface area contributed by atoms with E-state index in [4.69, 9.17) is 16.6 Å². The van der Waals surface area contributed by atoms with E-state index in [1.165, 1.54) is 16.7 Å². The molecule has 0 atom stereocenters. The van der Waals surface area contributed by atoms with Gasteiger partial charge in [-0.25, -0.2) is 0 Å². The summed E-state index contributed by atoms with van der Waals surface area (Å²) in [6, 6.07) is 10.8. The van der Waals surface area contributed by atoms with Crippen molar-refractivity contribution in [1.82, 2.24) is 4.90 Å². The van der Waals surface area contributed by atoms with Gasteiger partial charge >= 0.3 is 0 Å². The number of carbonyl (C=O) groups excluding carboxylic acids is 2. The molecular formula is C17H13BrN2O3S2. The average Bonchev–Trinajstić information content (AvgIpc) is 3.15. The van der Waals surface area contributed by atoms with E-state index in [-0.39, 0.29) is 24.8 Å². The first-order valence-corrected chi connectivity index (χ1v) is 9.39. The SMILES string of the molecule is O=C(CCN1C(=O)C(=Cc2ccco2)SC1=S)Nc1cccc(Br)c1. The number of nitrogens with zero attached hydrogens (tertiary/aromatic N) is 1. The van der Waals surface area contributed by atoms with Crippen LogP contribution >= 0.6 is 39.9 Å². The van der Waals surface area contributed by atoms with Gasteiger partial charge in [0.05, 0.1) is 11.2 Å². The zero-order valence-electron chi connectivity index (χ0n) is 12.9. The Balaban J connectivity index is 1.58. The van der Waals surface area contributed by atoms with E-state index in [1.54, 1.807) is 30.5 Å². The number of thiocarbonyl (C=S) groups is 1. The Kier molecular flexibility index (Phi) is 5.72. The molecule has 3 rings (SSSR count). The Morgan fingerprint density at radius 3 is 2.92 bits per heavy atom. The summed E-state index contributed by atoms with van der Waals surface area (Å²) in [4.78, 5) is 26.4. The van der Waals surface area contributed by atoms with Crippen molar-refractivity contribution in [1.29, 1.82) is 0 Å². The first-order chi connectivity index (χ1) is 12.0. The molecule has 2 amide bonds. The molecule has 25 heavy (non-hydrogen) atoms. The van der Waals surface area contributed by atoms with Crippen LogP contribution in [0.15, 0.2) is 56.5 Å². The van der Waals surface area contributed by atoms with Gasteiger partial charge in [0.2, 0.25) is 5.91 Å². The van der Waals surface area contributed by atoms with Gasteiger partial charge in [-0.15, -0.1) is 0 Å². The van der Waals surface area contributed by atoms with E-state index in [0.29, 0.717) is 20.7 Å². The monoisotopic (exact) mass is 436 g/mol. The number of carbonyl (C=O) groups is 2. The summed E-state index contributed by atoms with van der Waals surface area (Å²) in [6.07, 6.45) is 3.35. The molecule has 5 nitrogen and oxygen atoms in total. The van der Waals surface area contributed by atoms with Crippen LogP contribution in [0.1, 0.15) is 12.2 Å². The van der Waals surface area contributed by atoms with Crippen LogP contribution in [0.3, 0.4) is 0 Å². The quantitative estimate of drug-likeness (QED) is 0.559. The molecule has 8 heteroatoms. The van der Waals surface area contributed by atoms with Gasteiger partial charge < -0.3 is 9.73 Å². The number of hydrogen-bond donors (Lipinski definition) is 1. The maximum absolute atomic E-state index is 12.4. The lowest BCUT2D eigenvalue weighted by Gasteiger charge is -2.14. The Hall–Kier alpha value is -1.90. The number of anilines is 1. The topological polar surface area (TPSA) is 62.6 Å². The first-order valence-electron chi connectivity index (χ1n) is 7.37. The zero-order valence-corrected chi connectivity index (χ0v) is 16.1. The summed E-state index contributed by atoms with van der Waals surface area (Å²) in [6.45, 7) is 0.236. The lowest BCUT2D eigenvalue weighted by Crippen LogP contribution is -2.31. The standard InChI is InChI=1S/C17H13BrN2O3S2/c18-11-3-1-4-12(9-11)19-15(21)6-7-20-16(22)14(25-17(20)24)10-13-5-2-8-23-13/h1-5,8-10H,6-7H2,(H,19,21). The molecule has 1 saturated heterocycles. The summed E-state index contributed by atoms with van der Waals surface area (Å²) in [5.41, 5.74) is 0.697. The van der Waals surface area contributed by atoms with E-state index >= 15 is 0 Å². The van der Waals surface area contributed by atoms with E-state index < -0.39 is 0 Å². The van der Waals surface area contributed by atoms with Crippen LogP contribution in [0, 0.1) is 0 Å². The molecule has 0 saturated carbocycles. The number of thioether (sulfide) groups is 1. The van der Waals surface area contributed by atoms with Crippen LogP contribution < -0.4 is 5.32 Å². The molecule has 0 radical (unpaired) electrons. The molecule has 1 aliphatic rings. The lowest BCUT2D eigenvalue weighted by molar-refractivity contribution is -0.122.